The van der Waals surface area contributed by atoms with Crippen LogP contribution in [0, 0.1) is 24.0 Å². The van der Waals surface area contributed by atoms with Crippen LogP contribution < -0.4 is 10.5 Å². The number of oxime groups is 1. The number of carbonyl (C=O) groups is 1. The fourth-order valence-corrected chi connectivity index (χ4v) is 2.61. The first-order valence-corrected chi connectivity index (χ1v) is 8.18. The van der Waals surface area contributed by atoms with E-state index in [-0.39, 0.29) is 30.2 Å². The number of rotatable bonds is 7. The molecule has 27 heavy (non-hydrogen) atoms. The Balaban J connectivity index is 2.03. The maximum Gasteiger partial charge on any atom is 0.336 e. The maximum atomic E-state index is 11.9. The standard InChI is InChI=1S/C16H18ClN5O5/c1-9-15(22(24)25)10(2)21(19-9)7-6-14(23)27-20-16(18)12-8-11(17)4-5-13(12)26-3/h4-5,8H,6-7H2,1-3H3,(H2,18,20). The Hall–Kier alpha value is -3.14. The van der Waals surface area contributed by atoms with E-state index in [4.69, 9.17) is 26.9 Å². The largest absolute Gasteiger partial charge is 0.496 e. The highest BCUT2D eigenvalue weighted by Gasteiger charge is 2.22. The lowest BCUT2D eigenvalue weighted by Crippen LogP contribution is -2.17. The summed E-state index contributed by atoms with van der Waals surface area (Å²) in [6, 6.07) is 4.76. The van der Waals surface area contributed by atoms with Gasteiger partial charge in [0, 0.05) is 5.02 Å². The molecule has 10 nitrogen and oxygen atoms in total. The van der Waals surface area contributed by atoms with E-state index in [1.165, 1.54) is 24.8 Å². The minimum atomic E-state index is -0.672. The molecule has 2 N–H and O–H groups in total. The molecule has 1 aromatic heterocycles. The van der Waals surface area contributed by atoms with Crippen LogP contribution in [0.1, 0.15) is 23.4 Å². The Morgan fingerprint density at radius 3 is 2.74 bits per heavy atom. The molecular formula is C16H18ClN5O5. The highest BCUT2D eigenvalue weighted by molar-refractivity contribution is 6.31. The first kappa shape index (κ1) is 20.2. The van der Waals surface area contributed by atoms with Crippen LogP contribution in [0.15, 0.2) is 23.4 Å². The van der Waals surface area contributed by atoms with Crippen molar-refractivity contribution in [1.29, 1.82) is 0 Å². The number of hydrogen-bond donors (Lipinski definition) is 1. The summed E-state index contributed by atoms with van der Waals surface area (Å²) in [4.78, 5) is 27.2. The number of nitro groups is 1. The van der Waals surface area contributed by atoms with Crippen LogP contribution in [0.3, 0.4) is 0 Å². The van der Waals surface area contributed by atoms with Gasteiger partial charge < -0.3 is 15.3 Å². The summed E-state index contributed by atoms with van der Waals surface area (Å²) in [7, 11) is 1.46. The molecule has 0 atom stereocenters. The van der Waals surface area contributed by atoms with Gasteiger partial charge in [-0.2, -0.15) is 5.10 Å². The van der Waals surface area contributed by atoms with Gasteiger partial charge in [-0.15, -0.1) is 0 Å². The van der Waals surface area contributed by atoms with Crippen molar-refractivity contribution in [3.8, 4) is 5.75 Å². The lowest BCUT2D eigenvalue weighted by molar-refractivity contribution is -0.386. The number of nitrogens with zero attached hydrogens (tertiary/aromatic N) is 4. The van der Waals surface area contributed by atoms with E-state index in [1.807, 2.05) is 0 Å². The van der Waals surface area contributed by atoms with E-state index >= 15 is 0 Å². The van der Waals surface area contributed by atoms with E-state index in [1.54, 1.807) is 19.1 Å². The first-order chi connectivity index (χ1) is 12.7. The second-order valence-electron chi connectivity index (χ2n) is 5.53. The van der Waals surface area contributed by atoms with E-state index in [9.17, 15) is 14.9 Å². The first-order valence-electron chi connectivity index (χ1n) is 7.80. The fraction of sp³-hybridized carbons (Fsp3) is 0.312. The molecule has 0 aliphatic heterocycles. The van der Waals surface area contributed by atoms with Gasteiger partial charge in [0.25, 0.3) is 0 Å². The Bertz CT molecular complexity index is 909. The maximum absolute atomic E-state index is 11.9. The number of ether oxygens (including phenoxy) is 1. The summed E-state index contributed by atoms with van der Waals surface area (Å²) in [5.74, 6) is -0.328. The van der Waals surface area contributed by atoms with E-state index in [0.29, 0.717) is 22.0 Å². The molecule has 0 saturated carbocycles. The molecule has 0 spiro atoms. The van der Waals surface area contributed by atoms with Crippen molar-refractivity contribution in [3.63, 3.8) is 0 Å². The molecule has 0 radical (unpaired) electrons. The third-order valence-electron chi connectivity index (χ3n) is 3.74. The SMILES string of the molecule is COc1ccc(Cl)cc1/C(N)=N/OC(=O)CCn1nc(C)c([N+](=O)[O-])c1C. The molecule has 2 rings (SSSR count). The second-order valence-corrected chi connectivity index (χ2v) is 5.97. The van der Waals surface area contributed by atoms with Crippen LogP contribution in [0.4, 0.5) is 5.69 Å². The van der Waals surface area contributed by atoms with E-state index in [0.717, 1.165) is 0 Å². The van der Waals surface area contributed by atoms with E-state index in [2.05, 4.69) is 10.3 Å². The summed E-state index contributed by atoms with van der Waals surface area (Å²) in [6.45, 7) is 3.20. The van der Waals surface area contributed by atoms with Crippen LogP contribution in [0.25, 0.3) is 0 Å². The van der Waals surface area contributed by atoms with Gasteiger partial charge >= 0.3 is 11.7 Å². The second kappa shape index (κ2) is 8.49. The summed E-state index contributed by atoms with van der Waals surface area (Å²) in [5.41, 5.74) is 6.77. The minimum Gasteiger partial charge on any atom is -0.496 e. The number of carbonyl (C=O) groups excluding carboxylic acids is 1. The molecule has 11 heteroatoms. The van der Waals surface area contributed by atoms with Crippen molar-refractivity contribution in [2.24, 2.45) is 10.9 Å². The van der Waals surface area contributed by atoms with Gasteiger partial charge in [0.2, 0.25) is 0 Å². The lowest BCUT2D eigenvalue weighted by Gasteiger charge is -2.08. The number of benzene rings is 1. The number of aryl methyl sites for hydroxylation is 2. The number of halogens is 1. The quantitative estimate of drug-likeness (QED) is 0.250. The van der Waals surface area contributed by atoms with Crippen LogP contribution in [0.2, 0.25) is 5.02 Å². The summed E-state index contributed by atoms with van der Waals surface area (Å²) in [6.07, 6.45) is -0.0947. The van der Waals surface area contributed by atoms with Gasteiger partial charge in [0.1, 0.15) is 17.1 Å². The third kappa shape index (κ3) is 4.73. The Labute approximate surface area is 159 Å². The molecule has 0 aliphatic rings. The monoisotopic (exact) mass is 395 g/mol. The van der Waals surface area contributed by atoms with Crippen LogP contribution in [-0.4, -0.2) is 33.6 Å². The molecule has 0 amide bonds. The minimum absolute atomic E-state index is 0.0707. The summed E-state index contributed by atoms with van der Waals surface area (Å²) >= 11 is 5.92. The smallest absolute Gasteiger partial charge is 0.336 e. The van der Waals surface area contributed by atoms with Crippen molar-refractivity contribution in [2.45, 2.75) is 26.8 Å². The zero-order valence-electron chi connectivity index (χ0n) is 14.9. The zero-order valence-corrected chi connectivity index (χ0v) is 15.7. The fourth-order valence-electron chi connectivity index (χ4n) is 2.44. The number of nitrogens with two attached hydrogens (primary N) is 1. The van der Waals surface area contributed by atoms with Crippen LogP contribution >= 0.6 is 11.6 Å². The third-order valence-corrected chi connectivity index (χ3v) is 3.97. The Morgan fingerprint density at radius 1 is 1.44 bits per heavy atom. The molecule has 0 unspecified atom stereocenters. The van der Waals surface area contributed by atoms with Gasteiger partial charge in [-0.3, -0.25) is 14.8 Å². The molecule has 0 fully saturated rings. The van der Waals surface area contributed by atoms with Crippen molar-refractivity contribution in [1.82, 2.24) is 9.78 Å². The predicted octanol–water partition coefficient (Wildman–Crippen LogP) is 2.32. The predicted molar refractivity (Wildman–Crippen MR) is 97.8 cm³/mol. The molecule has 1 aromatic carbocycles. The van der Waals surface area contributed by atoms with Crippen LogP contribution in [-0.2, 0) is 16.2 Å². The van der Waals surface area contributed by atoms with Crippen molar-refractivity contribution >= 4 is 29.1 Å². The number of methoxy groups -OCH3 is 1. The van der Waals surface area contributed by atoms with E-state index < -0.39 is 10.9 Å². The normalized spacial score (nSPS) is 11.3. The molecular weight excluding hydrogens is 378 g/mol. The molecule has 0 aliphatic carbocycles. The Kier molecular flexibility index (Phi) is 6.35. The van der Waals surface area contributed by atoms with Crippen molar-refractivity contribution in [3.05, 3.63) is 50.3 Å². The zero-order chi connectivity index (χ0) is 20.1. The van der Waals surface area contributed by atoms with Gasteiger partial charge in [-0.25, -0.2) is 4.79 Å². The molecule has 144 valence electrons. The van der Waals surface area contributed by atoms with Gasteiger partial charge in [-0.1, -0.05) is 16.8 Å². The lowest BCUT2D eigenvalue weighted by atomic mass is 10.2. The van der Waals surface area contributed by atoms with Gasteiger partial charge in [0.15, 0.2) is 5.84 Å². The highest BCUT2D eigenvalue weighted by Crippen LogP contribution is 2.23. The average molecular weight is 396 g/mol. The molecule has 0 bridgehead atoms. The number of amidine groups is 1. The molecule has 2 aromatic rings. The van der Waals surface area contributed by atoms with Crippen molar-refractivity contribution in [2.75, 3.05) is 7.11 Å². The van der Waals surface area contributed by atoms with Crippen molar-refractivity contribution < 1.29 is 19.3 Å². The average Bonchev–Trinajstić information content (AvgIpc) is 2.91. The van der Waals surface area contributed by atoms with Gasteiger partial charge in [-0.05, 0) is 32.0 Å². The van der Waals surface area contributed by atoms with Crippen LogP contribution in [0.5, 0.6) is 5.75 Å². The summed E-state index contributed by atoms with van der Waals surface area (Å²) < 4.78 is 6.53. The topological polar surface area (TPSA) is 135 Å². The highest BCUT2D eigenvalue weighted by atomic mass is 35.5. The molecule has 0 saturated heterocycles. The van der Waals surface area contributed by atoms with Gasteiger partial charge in [0.05, 0.1) is 30.6 Å². The Morgan fingerprint density at radius 2 is 2.15 bits per heavy atom. The number of hydrogen-bond acceptors (Lipinski definition) is 7. The molecule has 1 heterocycles. The summed E-state index contributed by atoms with van der Waals surface area (Å²) in [5, 5.41) is 19.1. The number of aromatic nitrogens is 2.